The molecule has 0 saturated heterocycles. The van der Waals surface area contributed by atoms with Crippen molar-refractivity contribution in [1.82, 2.24) is 5.32 Å². The highest BCUT2D eigenvalue weighted by atomic mass is 35.5. The molecule has 1 atom stereocenters. The molecule has 1 nitrogen and oxygen atoms in total. The van der Waals surface area contributed by atoms with Crippen molar-refractivity contribution in [2.45, 2.75) is 12.5 Å². The number of thiophene rings is 1. The SMILES string of the molecule is CNC(Cc1cccs1)c1cccc(Cl)c1. The van der Waals surface area contributed by atoms with Crippen LogP contribution in [0, 0.1) is 0 Å². The van der Waals surface area contributed by atoms with Crippen molar-refractivity contribution in [2.24, 2.45) is 0 Å². The number of likely N-dealkylation sites (N-methyl/N-ethyl adjacent to an activating group) is 1. The first-order chi connectivity index (χ1) is 7.79. The Kier molecular flexibility index (Phi) is 3.99. The van der Waals surface area contributed by atoms with E-state index in [2.05, 4.69) is 28.9 Å². The van der Waals surface area contributed by atoms with Crippen LogP contribution in [-0.4, -0.2) is 7.05 Å². The molecule has 3 heteroatoms. The second-order valence-corrected chi connectivity index (χ2v) is 5.15. The van der Waals surface area contributed by atoms with E-state index in [1.807, 2.05) is 25.2 Å². The van der Waals surface area contributed by atoms with Crippen molar-refractivity contribution in [1.29, 1.82) is 0 Å². The van der Waals surface area contributed by atoms with Crippen LogP contribution in [-0.2, 0) is 6.42 Å². The van der Waals surface area contributed by atoms with E-state index >= 15 is 0 Å². The molecule has 1 unspecified atom stereocenters. The third-order valence-electron chi connectivity index (χ3n) is 2.58. The summed E-state index contributed by atoms with van der Waals surface area (Å²) in [4.78, 5) is 1.39. The molecule has 0 radical (unpaired) electrons. The van der Waals surface area contributed by atoms with Crippen LogP contribution >= 0.6 is 22.9 Å². The van der Waals surface area contributed by atoms with Gasteiger partial charge >= 0.3 is 0 Å². The van der Waals surface area contributed by atoms with Crippen molar-refractivity contribution in [3.63, 3.8) is 0 Å². The van der Waals surface area contributed by atoms with E-state index in [9.17, 15) is 0 Å². The molecule has 0 aliphatic rings. The summed E-state index contributed by atoms with van der Waals surface area (Å²) in [5, 5.41) is 6.24. The average Bonchev–Trinajstić information content (AvgIpc) is 2.78. The summed E-state index contributed by atoms with van der Waals surface area (Å²) in [6.07, 6.45) is 1.01. The van der Waals surface area contributed by atoms with Crippen LogP contribution in [0.5, 0.6) is 0 Å². The van der Waals surface area contributed by atoms with E-state index in [1.54, 1.807) is 11.3 Å². The Morgan fingerprint density at radius 1 is 1.31 bits per heavy atom. The summed E-state index contributed by atoms with van der Waals surface area (Å²) in [7, 11) is 1.99. The molecule has 2 aromatic rings. The van der Waals surface area contributed by atoms with Gasteiger partial charge in [-0.2, -0.15) is 0 Å². The second kappa shape index (κ2) is 5.48. The summed E-state index contributed by atoms with van der Waals surface area (Å²) < 4.78 is 0. The van der Waals surface area contributed by atoms with E-state index in [0.29, 0.717) is 6.04 Å². The Labute approximate surface area is 105 Å². The molecule has 0 bridgehead atoms. The lowest BCUT2D eigenvalue weighted by Crippen LogP contribution is -2.18. The lowest BCUT2D eigenvalue weighted by molar-refractivity contribution is 0.596. The summed E-state index contributed by atoms with van der Waals surface area (Å²) in [6.45, 7) is 0. The molecule has 1 N–H and O–H groups in total. The van der Waals surface area contributed by atoms with Gasteiger partial charge in [0.15, 0.2) is 0 Å². The van der Waals surface area contributed by atoms with Crippen LogP contribution in [0.1, 0.15) is 16.5 Å². The second-order valence-electron chi connectivity index (χ2n) is 3.68. The molecule has 84 valence electrons. The molecule has 1 aromatic carbocycles. The first kappa shape index (κ1) is 11.6. The number of nitrogens with one attached hydrogen (secondary N) is 1. The highest BCUT2D eigenvalue weighted by Gasteiger charge is 2.10. The van der Waals surface area contributed by atoms with E-state index in [0.717, 1.165) is 11.4 Å². The zero-order valence-corrected chi connectivity index (χ0v) is 10.7. The fourth-order valence-electron chi connectivity index (χ4n) is 1.74. The Morgan fingerprint density at radius 2 is 2.19 bits per heavy atom. The standard InChI is InChI=1S/C13H14ClNS/c1-15-13(9-12-6-3-7-16-12)10-4-2-5-11(14)8-10/h2-8,13,15H,9H2,1H3. The predicted octanol–water partition coefficient (Wildman–Crippen LogP) is 3.90. The molecule has 0 saturated carbocycles. The molecular formula is C13H14ClNS. The van der Waals surface area contributed by atoms with Gasteiger partial charge in [-0.1, -0.05) is 29.8 Å². The third-order valence-corrected chi connectivity index (χ3v) is 3.72. The Bertz CT molecular complexity index is 439. The van der Waals surface area contributed by atoms with Crippen LogP contribution in [0.15, 0.2) is 41.8 Å². The minimum atomic E-state index is 0.331. The monoisotopic (exact) mass is 251 g/mol. The van der Waals surface area contributed by atoms with Gasteiger partial charge < -0.3 is 5.32 Å². The maximum Gasteiger partial charge on any atom is 0.0409 e. The lowest BCUT2D eigenvalue weighted by atomic mass is 10.0. The zero-order chi connectivity index (χ0) is 11.4. The Hall–Kier alpha value is -0.830. The molecule has 1 heterocycles. The summed E-state index contributed by atoms with van der Waals surface area (Å²) in [5.41, 5.74) is 1.24. The number of hydrogen-bond donors (Lipinski definition) is 1. The van der Waals surface area contributed by atoms with Gasteiger partial charge in [0.1, 0.15) is 0 Å². The Balaban J connectivity index is 2.16. The minimum absolute atomic E-state index is 0.331. The van der Waals surface area contributed by atoms with E-state index in [-0.39, 0.29) is 0 Å². The average molecular weight is 252 g/mol. The molecule has 16 heavy (non-hydrogen) atoms. The maximum absolute atomic E-state index is 6.00. The molecule has 0 spiro atoms. The number of rotatable bonds is 4. The van der Waals surface area contributed by atoms with Gasteiger partial charge in [0, 0.05) is 22.4 Å². The highest BCUT2D eigenvalue weighted by Crippen LogP contribution is 2.23. The fourth-order valence-corrected chi connectivity index (χ4v) is 2.69. The molecular weight excluding hydrogens is 238 g/mol. The van der Waals surface area contributed by atoms with Crippen LogP contribution in [0.3, 0.4) is 0 Å². The topological polar surface area (TPSA) is 12.0 Å². The van der Waals surface area contributed by atoms with Crippen LogP contribution in [0.2, 0.25) is 5.02 Å². The molecule has 0 aliphatic carbocycles. The van der Waals surface area contributed by atoms with E-state index < -0.39 is 0 Å². The number of halogens is 1. The number of hydrogen-bond acceptors (Lipinski definition) is 2. The smallest absolute Gasteiger partial charge is 0.0409 e. The lowest BCUT2D eigenvalue weighted by Gasteiger charge is -2.15. The van der Waals surface area contributed by atoms with Crippen LogP contribution in [0.25, 0.3) is 0 Å². The highest BCUT2D eigenvalue weighted by molar-refractivity contribution is 7.09. The van der Waals surface area contributed by atoms with Crippen molar-refractivity contribution >= 4 is 22.9 Å². The van der Waals surface area contributed by atoms with Crippen LogP contribution in [0.4, 0.5) is 0 Å². The first-order valence-corrected chi connectivity index (χ1v) is 6.50. The summed E-state index contributed by atoms with van der Waals surface area (Å²) in [5.74, 6) is 0. The predicted molar refractivity (Wildman–Crippen MR) is 71.3 cm³/mol. The summed E-state index contributed by atoms with van der Waals surface area (Å²) >= 11 is 7.80. The van der Waals surface area contributed by atoms with Gasteiger partial charge in [-0.05, 0) is 36.2 Å². The van der Waals surface area contributed by atoms with Gasteiger partial charge in [0.25, 0.3) is 0 Å². The van der Waals surface area contributed by atoms with E-state index in [1.165, 1.54) is 10.4 Å². The van der Waals surface area contributed by atoms with Gasteiger partial charge in [0.2, 0.25) is 0 Å². The quantitative estimate of drug-likeness (QED) is 0.869. The normalized spacial score (nSPS) is 12.6. The fraction of sp³-hybridized carbons (Fsp3) is 0.231. The Morgan fingerprint density at radius 3 is 2.81 bits per heavy atom. The third kappa shape index (κ3) is 2.85. The number of benzene rings is 1. The molecule has 0 amide bonds. The van der Waals surface area contributed by atoms with Crippen LogP contribution < -0.4 is 5.32 Å². The minimum Gasteiger partial charge on any atom is -0.313 e. The van der Waals surface area contributed by atoms with Crippen molar-refractivity contribution in [3.8, 4) is 0 Å². The largest absolute Gasteiger partial charge is 0.313 e. The van der Waals surface area contributed by atoms with Gasteiger partial charge in [-0.3, -0.25) is 0 Å². The summed E-state index contributed by atoms with van der Waals surface area (Å²) in [6, 6.07) is 12.6. The zero-order valence-electron chi connectivity index (χ0n) is 9.11. The van der Waals surface area contributed by atoms with Crippen molar-refractivity contribution in [3.05, 3.63) is 57.2 Å². The van der Waals surface area contributed by atoms with Crippen molar-refractivity contribution < 1.29 is 0 Å². The first-order valence-electron chi connectivity index (χ1n) is 5.24. The van der Waals surface area contributed by atoms with Gasteiger partial charge in [0.05, 0.1) is 0 Å². The van der Waals surface area contributed by atoms with Crippen molar-refractivity contribution in [2.75, 3.05) is 7.05 Å². The molecule has 2 rings (SSSR count). The molecule has 0 fully saturated rings. The van der Waals surface area contributed by atoms with Gasteiger partial charge in [-0.25, -0.2) is 0 Å². The molecule has 1 aromatic heterocycles. The molecule has 0 aliphatic heterocycles. The van der Waals surface area contributed by atoms with Gasteiger partial charge in [-0.15, -0.1) is 11.3 Å². The maximum atomic E-state index is 6.00. The van der Waals surface area contributed by atoms with E-state index in [4.69, 9.17) is 11.6 Å².